The first-order chi connectivity index (χ1) is 21.1. The van der Waals surface area contributed by atoms with Crippen molar-refractivity contribution >= 4 is 22.6 Å². The topological polar surface area (TPSA) is 105 Å². The van der Waals surface area contributed by atoms with Crippen LogP contribution in [0.3, 0.4) is 0 Å². The summed E-state index contributed by atoms with van der Waals surface area (Å²) in [6.07, 6.45) is -1.68. The fourth-order valence-corrected chi connectivity index (χ4v) is 6.20. The van der Waals surface area contributed by atoms with Gasteiger partial charge in [0, 0.05) is 30.6 Å². The van der Waals surface area contributed by atoms with Crippen LogP contribution in [0, 0.1) is 0 Å². The minimum absolute atomic E-state index is 0.0191. The second kappa shape index (κ2) is 12.1. The molecule has 12 heteroatoms. The average molecular weight is 609 g/mol. The van der Waals surface area contributed by atoms with Crippen molar-refractivity contribution in [3.05, 3.63) is 83.6 Å². The van der Waals surface area contributed by atoms with E-state index in [1.54, 1.807) is 17.9 Å². The van der Waals surface area contributed by atoms with Crippen LogP contribution in [-0.2, 0) is 23.1 Å². The highest BCUT2D eigenvalue weighted by molar-refractivity contribution is 5.92. The summed E-state index contributed by atoms with van der Waals surface area (Å²) in [5.41, 5.74) is 0.376. The lowest BCUT2D eigenvalue weighted by Crippen LogP contribution is -2.63. The number of carbonyl (C=O) groups excluding carboxylic acids is 1. The molecule has 2 fully saturated rings. The Bertz CT molecular complexity index is 1610. The lowest BCUT2D eigenvalue weighted by Gasteiger charge is -2.48. The Hall–Kier alpha value is -4.16. The Morgan fingerprint density at radius 1 is 1.07 bits per heavy atom. The normalized spacial score (nSPS) is 21.2. The molecule has 1 aliphatic heterocycles. The molecule has 0 bridgehead atoms. The number of hydrogen-bond acceptors (Lipinski definition) is 7. The first-order valence-corrected chi connectivity index (χ1v) is 14.7. The van der Waals surface area contributed by atoms with Crippen LogP contribution in [0.5, 0.6) is 5.88 Å². The van der Waals surface area contributed by atoms with Gasteiger partial charge in [0.2, 0.25) is 11.8 Å². The van der Waals surface area contributed by atoms with Gasteiger partial charge in [0.15, 0.2) is 5.82 Å². The Balaban J connectivity index is 1.03. The van der Waals surface area contributed by atoms with Gasteiger partial charge in [-0.1, -0.05) is 36.4 Å². The molecule has 2 aromatic carbocycles. The lowest BCUT2D eigenvalue weighted by molar-refractivity contribution is -0.137. The Morgan fingerprint density at radius 2 is 1.82 bits per heavy atom. The maximum atomic E-state index is 13.5. The summed E-state index contributed by atoms with van der Waals surface area (Å²) in [6, 6.07) is 18.8. The number of nitrogens with one attached hydrogen (secondary N) is 2. The molecule has 1 aliphatic carbocycles. The monoisotopic (exact) mass is 608 g/mol. The number of halogens is 3. The fourth-order valence-electron chi connectivity index (χ4n) is 6.20. The Labute approximate surface area is 253 Å². The number of carbonyl (C=O) groups is 1. The quantitative estimate of drug-likeness (QED) is 0.256. The molecule has 1 saturated carbocycles. The van der Waals surface area contributed by atoms with Gasteiger partial charge in [0.25, 0.3) is 0 Å². The van der Waals surface area contributed by atoms with Crippen LogP contribution in [0.4, 0.5) is 19.0 Å². The number of pyridine rings is 1. The van der Waals surface area contributed by atoms with E-state index >= 15 is 0 Å². The third-order valence-corrected chi connectivity index (χ3v) is 8.65. The van der Waals surface area contributed by atoms with Gasteiger partial charge in [-0.05, 0) is 55.5 Å². The molecule has 1 saturated heterocycles. The maximum absolute atomic E-state index is 13.5. The molecule has 4 aromatic rings. The third-order valence-electron chi connectivity index (χ3n) is 8.65. The van der Waals surface area contributed by atoms with Crippen molar-refractivity contribution < 1.29 is 27.8 Å². The van der Waals surface area contributed by atoms with Gasteiger partial charge in [-0.2, -0.15) is 18.3 Å². The number of alkyl halides is 3. The van der Waals surface area contributed by atoms with Crippen molar-refractivity contribution in [2.24, 2.45) is 0 Å². The molecule has 0 spiro atoms. The van der Waals surface area contributed by atoms with Gasteiger partial charge in [-0.15, -0.1) is 0 Å². The number of likely N-dealkylation sites (tertiary alicyclic amines) is 1. The lowest BCUT2D eigenvalue weighted by atomic mass is 9.78. The number of methoxy groups -OCH3 is 1. The highest BCUT2D eigenvalue weighted by atomic mass is 19.4. The smallest absolute Gasteiger partial charge is 0.416 e. The predicted molar refractivity (Wildman–Crippen MR) is 159 cm³/mol. The Kier molecular flexibility index (Phi) is 8.21. The highest BCUT2D eigenvalue weighted by Gasteiger charge is 2.41. The van der Waals surface area contributed by atoms with Crippen LogP contribution in [-0.4, -0.2) is 69.5 Å². The van der Waals surface area contributed by atoms with Gasteiger partial charge < -0.3 is 20.5 Å². The van der Waals surface area contributed by atoms with Crippen LogP contribution in [0.1, 0.15) is 42.5 Å². The maximum Gasteiger partial charge on any atom is 0.416 e. The molecule has 3 N–H and O–H groups in total. The van der Waals surface area contributed by atoms with Crippen LogP contribution < -0.4 is 15.4 Å². The van der Waals surface area contributed by atoms with E-state index in [-0.39, 0.29) is 24.3 Å². The number of rotatable bonds is 9. The first kappa shape index (κ1) is 29.9. The average Bonchev–Trinajstić information content (AvgIpc) is 3.35. The molecule has 1 amide bonds. The molecular weight excluding hydrogens is 573 g/mol. The van der Waals surface area contributed by atoms with Crippen molar-refractivity contribution in [3.63, 3.8) is 0 Å². The molecule has 2 aromatic heterocycles. The number of ether oxygens (including phenoxy) is 1. The van der Waals surface area contributed by atoms with Crippen LogP contribution >= 0.6 is 0 Å². The Morgan fingerprint density at radius 3 is 2.52 bits per heavy atom. The van der Waals surface area contributed by atoms with Crippen molar-refractivity contribution in [2.75, 3.05) is 32.1 Å². The minimum Gasteiger partial charge on any atom is -0.481 e. The summed E-state index contributed by atoms with van der Waals surface area (Å²) in [5.74, 6) is 0.454. The summed E-state index contributed by atoms with van der Waals surface area (Å²) in [7, 11) is 1.55. The number of anilines is 1. The van der Waals surface area contributed by atoms with Gasteiger partial charge in [-0.25, -0.2) is 4.98 Å². The molecule has 6 rings (SSSR count). The van der Waals surface area contributed by atoms with E-state index in [4.69, 9.17) is 4.74 Å². The number of amides is 1. The highest BCUT2D eigenvalue weighted by Crippen LogP contribution is 2.39. The number of nitrogens with zero attached hydrogens (tertiary/aromatic N) is 4. The minimum atomic E-state index is -4.50. The van der Waals surface area contributed by atoms with E-state index < -0.39 is 17.3 Å². The molecule has 2 aliphatic rings. The number of hydrogen-bond donors (Lipinski definition) is 3. The predicted octanol–water partition coefficient (Wildman–Crippen LogP) is 4.55. The molecule has 0 unspecified atom stereocenters. The number of aliphatic hydroxyl groups is 1. The second-order valence-corrected chi connectivity index (χ2v) is 11.6. The molecule has 9 nitrogen and oxygen atoms in total. The van der Waals surface area contributed by atoms with E-state index in [2.05, 4.69) is 25.6 Å². The van der Waals surface area contributed by atoms with E-state index in [0.717, 1.165) is 30.5 Å². The zero-order valence-corrected chi connectivity index (χ0v) is 24.3. The van der Waals surface area contributed by atoms with E-state index in [9.17, 15) is 23.1 Å². The number of fused-ring (bicyclic) bond motifs is 1. The zero-order chi connectivity index (χ0) is 30.9. The van der Waals surface area contributed by atoms with Crippen LogP contribution in [0.15, 0.2) is 66.7 Å². The number of benzene rings is 2. The van der Waals surface area contributed by atoms with Gasteiger partial charge in [0.1, 0.15) is 5.60 Å². The largest absolute Gasteiger partial charge is 0.481 e. The van der Waals surface area contributed by atoms with Crippen molar-refractivity contribution in [1.82, 2.24) is 25.0 Å². The van der Waals surface area contributed by atoms with E-state index in [1.807, 2.05) is 42.5 Å². The van der Waals surface area contributed by atoms with E-state index in [1.165, 1.54) is 6.07 Å². The zero-order valence-electron chi connectivity index (χ0n) is 24.3. The van der Waals surface area contributed by atoms with Crippen molar-refractivity contribution in [1.29, 1.82) is 0 Å². The summed E-state index contributed by atoms with van der Waals surface area (Å²) in [5, 5.41) is 22.0. The molecule has 232 valence electrons. The van der Waals surface area contributed by atoms with Gasteiger partial charge >= 0.3 is 6.18 Å². The summed E-state index contributed by atoms with van der Waals surface area (Å²) < 4.78 is 47.3. The SMILES string of the molecule is COc1cccc(C2(O)CCC(N3CC(NC(=O)CNc4nn(Cc5ccccc5)c5ccc(C(F)(F)F)cc45)C3)CC2)n1. The molecule has 0 atom stereocenters. The number of aromatic nitrogens is 3. The summed E-state index contributed by atoms with van der Waals surface area (Å²) >= 11 is 0. The van der Waals surface area contributed by atoms with Gasteiger partial charge in [0.05, 0.1) is 43.0 Å². The van der Waals surface area contributed by atoms with Crippen LogP contribution in [0.2, 0.25) is 0 Å². The van der Waals surface area contributed by atoms with Crippen molar-refractivity contribution in [3.8, 4) is 5.88 Å². The summed E-state index contributed by atoms with van der Waals surface area (Å²) in [6.45, 7) is 1.67. The summed E-state index contributed by atoms with van der Waals surface area (Å²) in [4.78, 5) is 19.5. The van der Waals surface area contributed by atoms with Crippen LogP contribution in [0.25, 0.3) is 10.9 Å². The van der Waals surface area contributed by atoms with Gasteiger partial charge in [-0.3, -0.25) is 14.4 Å². The molecule has 44 heavy (non-hydrogen) atoms. The molecular formula is C32H35F3N6O3. The third kappa shape index (κ3) is 6.36. The first-order valence-electron chi connectivity index (χ1n) is 14.7. The molecule has 0 radical (unpaired) electrons. The fraction of sp³-hybridized carbons (Fsp3) is 0.406. The molecule has 3 heterocycles. The van der Waals surface area contributed by atoms with Crippen molar-refractivity contribution in [2.45, 2.75) is 56.1 Å². The second-order valence-electron chi connectivity index (χ2n) is 11.6. The van der Waals surface area contributed by atoms with E-state index in [0.29, 0.717) is 61.0 Å². The standard InChI is InChI=1S/C32H35F3N6O3/c1-44-29-9-5-8-27(38-29)31(43)14-12-24(13-15-31)40-19-23(20-40)37-28(42)17-36-30-25-16-22(32(33,34)35)10-11-26(25)41(39-30)18-21-6-3-2-4-7-21/h2-11,16,23-24,43H,12-15,17-20H2,1H3,(H,36,39)(H,37,42).